The van der Waals surface area contributed by atoms with Crippen molar-refractivity contribution in [2.75, 3.05) is 5.75 Å². The molecular weight excluding hydrogens is 432 g/mol. The van der Waals surface area contributed by atoms with Crippen molar-refractivity contribution in [1.29, 1.82) is 0 Å². The van der Waals surface area contributed by atoms with Gasteiger partial charge in [-0.25, -0.2) is 4.98 Å². The number of thioether (sulfide) groups is 1. The number of rotatable bonds is 6. The van der Waals surface area contributed by atoms with Crippen molar-refractivity contribution in [2.45, 2.75) is 11.5 Å². The zero-order valence-corrected chi connectivity index (χ0v) is 16.5. The Morgan fingerprint density at radius 1 is 1.11 bits per heavy atom. The van der Waals surface area contributed by atoms with Crippen LogP contribution >= 0.6 is 35.0 Å². The standard InChI is InChI=1S/C19H13Cl2F3N2OS/c1-2-9-28-18-25-11-17(12-3-8-15(20)16(21)10-12)26(18)13-4-6-14(7-5-13)27-19(22,23)24/h2-8,10-11H,1,9H2. The molecule has 0 aliphatic rings. The van der Waals surface area contributed by atoms with Crippen molar-refractivity contribution in [1.82, 2.24) is 9.55 Å². The number of alkyl halides is 3. The average molecular weight is 445 g/mol. The SMILES string of the molecule is C=CCSc1ncc(-c2ccc(Cl)c(Cl)c2)n1-c1ccc(OC(F)(F)F)cc1. The van der Waals surface area contributed by atoms with Crippen molar-refractivity contribution >= 4 is 35.0 Å². The molecule has 0 unspecified atom stereocenters. The Kier molecular flexibility index (Phi) is 6.27. The van der Waals surface area contributed by atoms with E-state index in [2.05, 4.69) is 16.3 Å². The largest absolute Gasteiger partial charge is 0.573 e. The lowest BCUT2D eigenvalue weighted by Gasteiger charge is -2.14. The Morgan fingerprint density at radius 3 is 2.43 bits per heavy atom. The Labute approximate surface area is 173 Å². The highest BCUT2D eigenvalue weighted by Gasteiger charge is 2.31. The van der Waals surface area contributed by atoms with Crippen LogP contribution in [0.3, 0.4) is 0 Å². The predicted molar refractivity (Wildman–Crippen MR) is 107 cm³/mol. The normalized spacial score (nSPS) is 11.5. The summed E-state index contributed by atoms with van der Waals surface area (Å²) in [5.41, 5.74) is 2.11. The van der Waals surface area contributed by atoms with E-state index in [4.69, 9.17) is 23.2 Å². The van der Waals surface area contributed by atoms with Crippen molar-refractivity contribution in [2.24, 2.45) is 0 Å². The maximum Gasteiger partial charge on any atom is 0.573 e. The van der Waals surface area contributed by atoms with Gasteiger partial charge < -0.3 is 4.74 Å². The Morgan fingerprint density at radius 2 is 1.82 bits per heavy atom. The molecule has 0 spiro atoms. The Bertz CT molecular complexity index is 988. The van der Waals surface area contributed by atoms with E-state index in [9.17, 15) is 13.2 Å². The van der Waals surface area contributed by atoms with Crippen LogP contribution in [-0.2, 0) is 0 Å². The van der Waals surface area contributed by atoms with E-state index in [0.29, 0.717) is 26.6 Å². The molecular formula is C19H13Cl2F3N2OS. The average Bonchev–Trinajstić information content (AvgIpc) is 3.05. The summed E-state index contributed by atoms with van der Waals surface area (Å²) in [5, 5.41) is 1.47. The summed E-state index contributed by atoms with van der Waals surface area (Å²) in [6, 6.07) is 10.7. The molecule has 0 amide bonds. The van der Waals surface area contributed by atoms with Gasteiger partial charge in [0.15, 0.2) is 5.16 Å². The Balaban J connectivity index is 2.05. The number of hydrogen-bond donors (Lipinski definition) is 0. The van der Waals surface area contributed by atoms with E-state index < -0.39 is 6.36 Å². The van der Waals surface area contributed by atoms with Crippen LogP contribution in [-0.4, -0.2) is 21.7 Å². The first-order valence-electron chi connectivity index (χ1n) is 7.91. The molecule has 0 aliphatic heterocycles. The molecule has 3 rings (SSSR count). The fourth-order valence-corrected chi connectivity index (χ4v) is 3.50. The number of halogens is 5. The van der Waals surface area contributed by atoms with Gasteiger partial charge in [0.2, 0.25) is 0 Å². The summed E-state index contributed by atoms with van der Waals surface area (Å²) in [7, 11) is 0. The third-order valence-corrected chi connectivity index (χ3v) is 5.29. The molecule has 0 atom stereocenters. The lowest BCUT2D eigenvalue weighted by molar-refractivity contribution is -0.274. The van der Waals surface area contributed by atoms with Crippen molar-refractivity contribution in [3.05, 3.63) is 71.4 Å². The first kappa shape index (κ1) is 20.6. The molecule has 146 valence electrons. The molecule has 1 heterocycles. The molecule has 0 saturated heterocycles. The van der Waals surface area contributed by atoms with E-state index >= 15 is 0 Å². The van der Waals surface area contributed by atoms with Gasteiger partial charge in [-0.15, -0.1) is 19.8 Å². The Hall–Kier alpha value is -2.09. The number of ether oxygens (including phenoxy) is 1. The van der Waals surface area contributed by atoms with Crippen LogP contribution < -0.4 is 4.74 Å². The lowest BCUT2D eigenvalue weighted by Crippen LogP contribution is -2.17. The molecule has 0 bridgehead atoms. The second kappa shape index (κ2) is 8.51. The van der Waals surface area contributed by atoms with E-state index in [-0.39, 0.29) is 5.75 Å². The van der Waals surface area contributed by atoms with Crippen molar-refractivity contribution in [3.8, 4) is 22.7 Å². The molecule has 0 aliphatic carbocycles. The highest BCUT2D eigenvalue weighted by Crippen LogP contribution is 2.34. The first-order valence-corrected chi connectivity index (χ1v) is 9.65. The van der Waals surface area contributed by atoms with Gasteiger partial charge in [0.05, 0.1) is 21.9 Å². The number of imidazole rings is 1. The summed E-state index contributed by atoms with van der Waals surface area (Å²) in [4.78, 5) is 4.43. The van der Waals surface area contributed by atoms with Crippen LogP contribution in [0.1, 0.15) is 0 Å². The fraction of sp³-hybridized carbons (Fsp3) is 0.105. The topological polar surface area (TPSA) is 27.1 Å². The molecule has 2 aromatic carbocycles. The minimum absolute atomic E-state index is 0.298. The van der Waals surface area contributed by atoms with Gasteiger partial charge >= 0.3 is 6.36 Å². The molecule has 0 saturated carbocycles. The smallest absolute Gasteiger partial charge is 0.406 e. The number of hydrogen-bond acceptors (Lipinski definition) is 3. The van der Waals surface area contributed by atoms with Gasteiger partial charge in [0.1, 0.15) is 5.75 Å². The van der Waals surface area contributed by atoms with E-state index in [1.54, 1.807) is 30.5 Å². The quantitative estimate of drug-likeness (QED) is 0.301. The van der Waals surface area contributed by atoms with Crippen LogP contribution in [0.15, 0.2) is 66.5 Å². The zero-order valence-electron chi connectivity index (χ0n) is 14.2. The molecule has 3 aromatic rings. The van der Waals surface area contributed by atoms with Gasteiger partial charge in [0.25, 0.3) is 0 Å². The molecule has 0 radical (unpaired) electrons. The van der Waals surface area contributed by atoms with Gasteiger partial charge in [-0.1, -0.05) is 47.1 Å². The van der Waals surface area contributed by atoms with Crippen molar-refractivity contribution < 1.29 is 17.9 Å². The van der Waals surface area contributed by atoms with Gasteiger partial charge in [-0.2, -0.15) is 0 Å². The van der Waals surface area contributed by atoms with E-state index in [1.807, 2.05) is 4.57 Å². The van der Waals surface area contributed by atoms with Crippen LogP contribution in [0.4, 0.5) is 13.2 Å². The summed E-state index contributed by atoms with van der Waals surface area (Å²) in [6.07, 6.45) is -1.33. The maximum absolute atomic E-state index is 12.4. The third-order valence-electron chi connectivity index (χ3n) is 3.60. The molecule has 28 heavy (non-hydrogen) atoms. The first-order chi connectivity index (χ1) is 13.3. The highest BCUT2D eigenvalue weighted by molar-refractivity contribution is 7.99. The fourth-order valence-electron chi connectivity index (χ4n) is 2.48. The zero-order chi connectivity index (χ0) is 20.3. The molecule has 9 heteroatoms. The van der Waals surface area contributed by atoms with Gasteiger partial charge in [0, 0.05) is 17.0 Å². The van der Waals surface area contributed by atoms with Crippen LogP contribution in [0.25, 0.3) is 16.9 Å². The minimum atomic E-state index is -4.74. The van der Waals surface area contributed by atoms with E-state index in [0.717, 1.165) is 11.3 Å². The minimum Gasteiger partial charge on any atom is -0.406 e. The number of nitrogens with zero attached hydrogens (tertiary/aromatic N) is 2. The number of aromatic nitrogens is 2. The lowest BCUT2D eigenvalue weighted by atomic mass is 10.1. The van der Waals surface area contributed by atoms with Crippen LogP contribution in [0, 0.1) is 0 Å². The van der Waals surface area contributed by atoms with Gasteiger partial charge in [-0.3, -0.25) is 4.57 Å². The van der Waals surface area contributed by atoms with Crippen LogP contribution in [0.5, 0.6) is 5.75 Å². The highest BCUT2D eigenvalue weighted by atomic mass is 35.5. The monoisotopic (exact) mass is 444 g/mol. The second-order valence-electron chi connectivity index (χ2n) is 5.53. The predicted octanol–water partition coefficient (Wildman–Crippen LogP) is 7.02. The summed E-state index contributed by atoms with van der Waals surface area (Å²) >= 11 is 13.6. The summed E-state index contributed by atoms with van der Waals surface area (Å²) < 4.78 is 43.0. The van der Waals surface area contributed by atoms with E-state index in [1.165, 1.54) is 36.0 Å². The molecule has 0 N–H and O–H groups in total. The second-order valence-corrected chi connectivity index (χ2v) is 7.33. The molecule has 0 fully saturated rings. The maximum atomic E-state index is 12.4. The summed E-state index contributed by atoms with van der Waals surface area (Å²) in [6.45, 7) is 3.70. The summed E-state index contributed by atoms with van der Waals surface area (Å²) in [5.74, 6) is 0.320. The van der Waals surface area contributed by atoms with Crippen molar-refractivity contribution in [3.63, 3.8) is 0 Å². The molecule has 1 aromatic heterocycles. The number of benzene rings is 2. The third kappa shape index (κ3) is 4.84. The van der Waals surface area contributed by atoms with Gasteiger partial charge in [-0.05, 0) is 36.4 Å². The van der Waals surface area contributed by atoms with Crippen LogP contribution in [0.2, 0.25) is 10.0 Å². The molecule has 3 nitrogen and oxygen atoms in total.